The van der Waals surface area contributed by atoms with Crippen molar-refractivity contribution in [2.24, 2.45) is 23.7 Å². The number of carbonyl (C=O) groups is 4. The Bertz CT molecular complexity index is 1750. The van der Waals surface area contributed by atoms with Gasteiger partial charge in [0.1, 0.15) is 19.3 Å². The summed E-state index contributed by atoms with van der Waals surface area (Å²) in [4.78, 5) is 72.5. The summed E-state index contributed by atoms with van der Waals surface area (Å²) in [6.07, 6.45) is 40.3. The number of aliphatic hydroxyl groups excluding tert-OH is 1. The molecule has 5 unspecified atom stereocenters. The van der Waals surface area contributed by atoms with Gasteiger partial charge >= 0.3 is 39.5 Å². The summed E-state index contributed by atoms with van der Waals surface area (Å²) in [5, 5.41) is 10.6. The van der Waals surface area contributed by atoms with Crippen molar-refractivity contribution in [2.75, 3.05) is 39.6 Å². The average Bonchev–Trinajstić information content (AvgIpc) is 3.62. The van der Waals surface area contributed by atoms with Crippen LogP contribution in [0, 0.1) is 23.7 Å². The molecule has 3 N–H and O–H groups in total. The summed E-state index contributed by atoms with van der Waals surface area (Å²) in [5.41, 5.74) is 0. The molecule has 19 heteroatoms. The quantitative estimate of drug-likeness (QED) is 0.0222. The topological polar surface area (TPSA) is 237 Å². The lowest BCUT2D eigenvalue weighted by molar-refractivity contribution is -0.161. The minimum absolute atomic E-state index is 0.104. The van der Waals surface area contributed by atoms with E-state index in [1.165, 1.54) is 128 Å². The smallest absolute Gasteiger partial charge is 0.462 e. The van der Waals surface area contributed by atoms with Crippen LogP contribution in [0.2, 0.25) is 0 Å². The van der Waals surface area contributed by atoms with E-state index in [0.29, 0.717) is 31.6 Å². The standard InChI is InChI=1S/C69H134O17P2/c1-9-61(7)47-39-31-23-18-19-25-36-44-52-69(74)86-64(55-79-66(71)49-41-33-26-20-22-30-38-46-60(5)6)57-83-87(75,76)81-53-63(70)54-82-88(77,78)84-58-65(56-80-67(72)50-42-34-28-27-32-40-48-62(8)10-2)85-68(73)51-43-35-24-17-15-13-11-12-14-16-21-29-37-45-59(3)4/h59-65,70H,9-58H2,1-8H3,(H,75,76)(H,77,78)/t61?,62?,63?,64-,65-/m1/s1. The molecule has 0 aliphatic carbocycles. The molecule has 0 aromatic rings. The van der Waals surface area contributed by atoms with Crippen molar-refractivity contribution in [1.29, 1.82) is 0 Å². The molecule has 0 aromatic heterocycles. The maximum Gasteiger partial charge on any atom is 0.472 e. The Kier molecular flexibility index (Phi) is 57.6. The second kappa shape index (κ2) is 58.8. The van der Waals surface area contributed by atoms with E-state index in [4.69, 9.17) is 37.0 Å². The molecule has 0 fully saturated rings. The SMILES string of the molecule is CCC(C)CCCCCCCCCCC(=O)O[C@H](COC(=O)CCCCCCCCCC(C)C)COP(=O)(O)OCC(O)COP(=O)(O)OC[C@@H](COC(=O)CCCCCCCCC(C)CC)OC(=O)CCCCCCCCCCCCCCCC(C)C. The highest BCUT2D eigenvalue weighted by Gasteiger charge is 2.30. The number of ether oxygens (including phenoxy) is 4. The lowest BCUT2D eigenvalue weighted by atomic mass is 9.99. The van der Waals surface area contributed by atoms with Crippen LogP contribution in [0.15, 0.2) is 0 Å². The number of unbranched alkanes of at least 4 members (excludes halogenated alkanes) is 30. The van der Waals surface area contributed by atoms with Gasteiger partial charge in [-0.15, -0.1) is 0 Å². The van der Waals surface area contributed by atoms with Crippen molar-refractivity contribution >= 4 is 39.5 Å². The van der Waals surface area contributed by atoms with E-state index < -0.39 is 97.5 Å². The van der Waals surface area contributed by atoms with Crippen molar-refractivity contribution in [3.05, 3.63) is 0 Å². The van der Waals surface area contributed by atoms with Gasteiger partial charge in [0.05, 0.1) is 26.4 Å². The molecule has 0 amide bonds. The average molecular weight is 1300 g/mol. The van der Waals surface area contributed by atoms with Crippen LogP contribution in [-0.4, -0.2) is 96.7 Å². The zero-order valence-corrected chi connectivity index (χ0v) is 59.1. The number of hydrogen-bond acceptors (Lipinski definition) is 15. The summed E-state index contributed by atoms with van der Waals surface area (Å²) in [6.45, 7) is 14.1. The Balaban J connectivity index is 5.25. The van der Waals surface area contributed by atoms with E-state index in [2.05, 4.69) is 55.4 Å². The van der Waals surface area contributed by atoms with Gasteiger partial charge in [0.2, 0.25) is 0 Å². The van der Waals surface area contributed by atoms with Gasteiger partial charge in [-0.3, -0.25) is 37.3 Å². The Morgan fingerprint density at radius 3 is 0.807 bits per heavy atom. The Morgan fingerprint density at radius 2 is 0.545 bits per heavy atom. The summed E-state index contributed by atoms with van der Waals surface area (Å²) in [5.74, 6) is 0.858. The molecule has 0 rings (SSSR count). The maximum atomic E-state index is 13.0. The minimum atomic E-state index is -4.95. The van der Waals surface area contributed by atoms with E-state index >= 15 is 0 Å². The van der Waals surface area contributed by atoms with Gasteiger partial charge in [-0.05, 0) is 49.4 Å². The number of aliphatic hydroxyl groups is 1. The molecular weight excluding hydrogens is 1160 g/mol. The van der Waals surface area contributed by atoms with Gasteiger partial charge in [0.15, 0.2) is 12.2 Å². The molecule has 0 radical (unpaired) electrons. The third-order valence-electron chi connectivity index (χ3n) is 16.5. The van der Waals surface area contributed by atoms with Gasteiger partial charge in [-0.25, -0.2) is 9.13 Å². The Morgan fingerprint density at radius 1 is 0.318 bits per heavy atom. The van der Waals surface area contributed by atoms with E-state index in [9.17, 15) is 43.2 Å². The first kappa shape index (κ1) is 86.1. The van der Waals surface area contributed by atoms with Gasteiger partial charge in [-0.2, -0.15) is 0 Å². The van der Waals surface area contributed by atoms with Gasteiger partial charge in [0, 0.05) is 25.7 Å². The van der Waals surface area contributed by atoms with Crippen LogP contribution in [0.3, 0.4) is 0 Å². The van der Waals surface area contributed by atoms with Crippen LogP contribution in [0.25, 0.3) is 0 Å². The number of phosphoric ester groups is 2. The molecule has 0 saturated carbocycles. The molecule has 0 heterocycles. The molecule has 0 aliphatic heterocycles. The maximum absolute atomic E-state index is 13.0. The lowest BCUT2D eigenvalue weighted by Gasteiger charge is -2.21. The van der Waals surface area contributed by atoms with Crippen LogP contribution < -0.4 is 0 Å². The third-order valence-corrected chi connectivity index (χ3v) is 18.4. The van der Waals surface area contributed by atoms with Crippen molar-refractivity contribution in [3.8, 4) is 0 Å². The van der Waals surface area contributed by atoms with Crippen molar-refractivity contribution in [1.82, 2.24) is 0 Å². The first-order chi connectivity index (χ1) is 42.2. The van der Waals surface area contributed by atoms with Crippen LogP contribution >= 0.6 is 15.6 Å². The molecular formula is C69H134O17P2. The fourth-order valence-electron chi connectivity index (χ4n) is 10.2. The molecule has 0 bridgehead atoms. The third kappa shape index (κ3) is 60.3. The second-order valence-electron chi connectivity index (χ2n) is 26.4. The van der Waals surface area contributed by atoms with E-state index in [-0.39, 0.29) is 25.7 Å². The predicted octanol–water partition coefficient (Wildman–Crippen LogP) is 19.3. The minimum Gasteiger partial charge on any atom is -0.462 e. The Labute approximate surface area is 537 Å². The van der Waals surface area contributed by atoms with Gasteiger partial charge in [0.25, 0.3) is 0 Å². The van der Waals surface area contributed by atoms with E-state index in [1.807, 2.05) is 0 Å². The summed E-state index contributed by atoms with van der Waals surface area (Å²) >= 11 is 0. The van der Waals surface area contributed by atoms with Crippen molar-refractivity contribution < 1.29 is 80.2 Å². The number of carbonyl (C=O) groups excluding carboxylic acids is 4. The normalized spacial score (nSPS) is 14.9. The first-order valence-corrected chi connectivity index (χ1v) is 38.8. The fraction of sp³-hybridized carbons (Fsp3) is 0.942. The summed E-state index contributed by atoms with van der Waals surface area (Å²) in [6, 6.07) is 0. The summed E-state index contributed by atoms with van der Waals surface area (Å²) < 4.78 is 68.2. The highest BCUT2D eigenvalue weighted by Crippen LogP contribution is 2.45. The number of hydrogen-bond donors (Lipinski definition) is 3. The fourth-order valence-corrected chi connectivity index (χ4v) is 11.8. The van der Waals surface area contributed by atoms with Crippen molar-refractivity contribution in [2.45, 2.75) is 356 Å². The van der Waals surface area contributed by atoms with E-state index in [0.717, 1.165) is 120 Å². The lowest BCUT2D eigenvalue weighted by Crippen LogP contribution is -2.30. The number of esters is 4. The molecule has 0 spiro atoms. The van der Waals surface area contributed by atoms with Crippen LogP contribution in [0.1, 0.15) is 338 Å². The molecule has 0 aromatic carbocycles. The zero-order valence-electron chi connectivity index (χ0n) is 57.3. The number of phosphoric acid groups is 2. The van der Waals surface area contributed by atoms with Gasteiger partial charge in [-0.1, -0.05) is 287 Å². The zero-order chi connectivity index (χ0) is 65.4. The van der Waals surface area contributed by atoms with Gasteiger partial charge < -0.3 is 33.8 Å². The molecule has 0 aliphatic rings. The summed E-state index contributed by atoms with van der Waals surface area (Å²) in [7, 11) is -9.90. The predicted molar refractivity (Wildman–Crippen MR) is 354 cm³/mol. The molecule has 522 valence electrons. The van der Waals surface area contributed by atoms with Crippen LogP contribution in [0.5, 0.6) is 0 Å². The van der Waals surface area contributed by atoms with Crippen LogP contribution in [-0.2, 0) is 65.4 Å². The molecule has 17 nitrogen and oxygen atoms in total. The largest absolute Gasteiger partial charge is 0.472 e. The number of rotatable bonds is 66. The first-order valence-electron chi connectivity index (χ1n) is 35.8. The highest BCUT2D eigenvalue weighted by atomic mass is 31.2. The van der Waals surface area contributed by atoms with E-state index in [1.54, 1.807) is 0 Å². The molecule has 88 heavy (non-hydrogen) atoms. The van der Waals surface area contributed by atoms with Crippen molar-refractivity contribution in [3.63, 3.8) is 0 Å². The Hall–Kier alpha value is -1.94. The second-order valence-corrected chi connectivity index (χ2v) is 29.3. The van der Waals surface area contributed by atoms with Crippen LogP contribution in [0.4, 0.5) is 0 Å². The molecule has 7 atom stereocenters. The highest BCUT2D eigenvalue weighted by molar-refractivity contribution is 7.47. The monoisotopic (exact) mass is 1300 g/mol. The molecule has 0 saturated heterocycles.